The quantitative estimate of drug-likeness (QED) is 0.711. The van der Waals surface area contributed by atoms with E-state index in [9.17, 15) is 0 Å². The summed E-state index contributed by atoms with van der Waals surface area (Å²) in [6, 6.07) is 6.47. The molecule has 2 aromatic rings. The molecule has 21 heavy (non-hydrogen) atoms. The molecule has 2 unspecified atom stereocenters. The monoisotopic (exact) mass is 308 g/mol. The normalized spacial score (nSPS) is 14.8. The number of para-hydroxylation sites is 1. The number of hydrogen-bond acceptors (Lipinski definition) is 2. The first-order valence-electron chi connectivity index (χ1n) is 7.66. The molecule has 0 amide bonds. The van der Waals surface area contributed by atoms with Crippen molar-refractivity contribution in [2.24, 2.45) is 5.92 Å². The second kappa shape index (κ2) is 6.80. The van der Waals surface area contributed by atoms with Gasteiger partial charge >= 0.3 is 0 Å². The van der Waals surface area contributed by atoms with E-state index in [0.29, 0.717) is 12.5 Å². The van der Waals surface area contributed by atoms with Crippen LogP contribution in [0.1, 0.15) is 50.5 Å². The number of rotatable bonds is 6. The van der Waals surface area contributed by atoms with Crippen molar-refractivity contribution in [1.29, 1.82) is 0 Å². The number of aromatic nitrogens is 2. The van der Waals surface area contributed by atoms with Gasteiger partial charge in [-0.25, -0.2) is 4.98 Å². The van der Waals surface area contributed by atoms with Crippen LogP contribution in [0.3, 0.4) is 0 Å². The third-order valence-corrected chi connectivity index (χ3v) is 4.08. The zero-order valence-electron chi connectivity index (χ0n) is 13.6. The van der Waals surface area contributed by atoms with Crippen LogP contribution in [0.2, 0.25) is 0 Å². The van der Waals surface area contributed by atoms with Gasteiger partial charge in [0.1, 0.15) is 5.82 Å². The lowest BCUT2D eigenvalue weighted by Gasteiger charge is -2.26. The molecule has 0 aliphatic carbocycles. The first-order valence-corrected chi connectivity index (χ1v) is 8.10. The van der Waals surface area contributed by atoms with Crippen LogP contribution >= 0.6 is 11.6 Å². The van der Waals surface area contributed by atoms with Crippen LogP contribution in [-0.2, 0) is 4.74 Å². The Morgan fingerprint density at radius 1 is 1.29 bits per heavy atom. The van der Waals surface area contributed by atoms with Crippen molar-refractivity contribution in [3.05, 3.63) is 29.6 Å². The number of nitrogens with zero attached hydrogens (tertiary/aromatic N) is 2. The molecule has 4 heteroatoms. The minimum Gasteiger partial charge on any atom is -0.380 e. The van der Waals surface area contributed by atoms with Crippen molar-refractivity contribution in [1.82, 2.24) is 9.55 Å². The van der Waals surface area contributed by atoms with Crippen molar-refractivity contribution in [2.45, 2.75) is 46.0 Å². The van der Waals surface area contributed by atoms with Crippen LogP contribution in [0.5, 0.6) is 0 Å². The van der Waals surface area contributed by atoms with E-state index in [1.54, 1.807) is 0 Å². The molecule has 2 atom stereocenters. The molecule has 0 fully saturated rings. The molecule has 2 rings (SSSR count). The predicted octanol–water partition coefficient (Wildman–Crippen LogP) is 4.88. The van der Waals surface area contributed by atoms with E-state index in [-0.39, 0.29) is 11.4 Å². The van der Waals surface area contributed by atoms with Crippen molar-refractivity contribution in [2.75, 3.05) is 13.2 Å². The van der Waals surface area contributed by atoms with E-state index < -0.39 is 0 Å². The van der Waals surface area contributed by atoms with Gasteiger partial charge in [0.2, 0.25) is 0 Å². The highest BCUT2D eigenvalue weighted by Gasteiger charge is 2.25. The zero-order valence-corrected chi connectivity index (χ0v) is 14.3. The van der Waals surface area contributed by atoms with E-state index >= 15 is 0 Å². The van der Waals surface area contributed by atoms with Gasteiger partial charge in [-0.3, -0.25) is 0 Å². The fourth-order valence-electron chi connectivity index (χ4n) is 2.76. The minimum absolute atomic E-state index is 0.125. The standard InChI is InChI=1S/C17H25ClN2O/c1-6-21-10-15(11(2)3)20-16-12(4)8-7-9-14(16)19-17(20)13(5)18/h7-9,11,13,15H,6,10H2,1-5H3. The van der Waals surface area contributed by atoms with Gasteiger partial charge in [-0.15, -0.1) is 11.6 Å². The molecule has 0 radical (unpaired) electrons. The highest BCUT2D eigenvalue weighted by molar-refractivity contribution is 6.20. The summed E-state index contributed by atoms with van der Waals surface area (Å²) in [7, 11) is 0. The number of fused-ring (bicyclic) bond motifs is 1. The largest absolute Gasteiger partial charge is 0.380 e. The number of imidazole rings is 1. The summed E-state index contributed by atoms with van der Waals surface area (Å²) in [6.45, 7) is 12.0. The highest BCUT2D eigenvalue weighted by Crippen LogP contribution is 2.32. The van der Waals surface area contributed by atoms with Gasteiger partial charge in [0, 0.05) is 6.61 Å². The summed E-state index contributed by atoms with van der Waals surface area (Å²) < 4.78 is 8.01. The van der Waals surface area contributed by atoms with Crippen LogP contribution in [0.15, 0.2) is 18.2 Å². The predicted molar refractivity (Wildman–Crippen MR) is 89.1 cm³/mol. The third-order valence-electron chi connectivity index (χ3n) is 3.89. The van der Waals surface area contributed by atoms with Gasteiger partial charge in [0.25, 0.3) is 0 Å². The van der Waals surface area contributed by atoms with Crippen LogP contribution < -0.4 is 0 Å². The smallest absolute Gasteiger partial charge is 0.128 e. The number of aryl methyl sites for hydroxylation is 1. The number of halogens is 1. The minimum atomic E-state index is -0.125. The number of ether oxygens (including phenoxy) is 1. The Morgan fingerprint density at radius 2 is 2.00 bits per heavy atom. The lowest BCUT2D eigenvalue weighted by molar-refractivity contribution is 0.0968. The molecule has 1 heterocycles. The van der Waals surface area contributed by atoms with Crippen LogP contribution in [0.25, 0.3) is 11.0 Å². The Morgan fingerprint density at radius 3 is 2.57 bits per heavy atom. The lowest BCUT2D eigenvalue weighted by atomic mass is 10.0. The van der Waals surface area contributed by atoms with E-state index in [0.717, 1.165) is 17.9 Å². The molecule has 1 aromatic carbocycles. The van der Waals surface area contributed by atoms with Gasteiger partial charge in [-0.1, -0.05) is 26.0 Å². The molecule has 0 saturated carbocycles. The number of hydrogen-bond donors (Lipinski definition) is 0. The van der Waals surface area contributed by atoms with Crippen molar-refractivity contribution in [3.8, 4) is 0 Å². The van der Waals surface area contributed by atoms with Crippen molar-refractivity contribution >= 4 is 22.6 Å². The third kappa shape index (κ3) is 3.24. The zero-order chi connectivity index (χ0) is 15.6. The number of alkyl halides is 1. The number of benzene rings is 1. The molecule has 1 aromatic heterocycles. The molecule has 0 N–H and O–H groups in total. The maximum atomic E-state index is 6.39. The van der Waals surface area contributed by atoms with Crippen LogP contribution in [0, 0.1) is 12.8 Å². The second-order valence-corrected chi connectivity index (χ2v) is 6.52. The average Bonchev–Trinajstić information content (AvgIpc) is 2.80. The fourth-order valence-corrected chi connectivity index (χ4v) is 2.91. The van der Waals surface area contributed by atoms with Crippen molar-refractivity contribution in [3.63, 3.8) is 0 Å². The Balaban J connectivity index is 2.65. The Bertz CT molecular complexity index is 604. The van der Waals surface area contributed by atoms with E-state index in [4.69, 9.17) is 21.3 Å². The molecular weight excluding hydrogens is 284 g/mol. The van der Waals surface area contributed by atoms with Gasteiger partial charge in [0.05, 0.1) is 29.1 Å². The molecule has 0 spiro atoms. The summed E-state index contributed by atoms with van der Waals surface area (Å²) in [5.74, 6) is 1.38. The molecule has 0 saturated heterocycles. The summed E-state index contributed by atoms with van der Waals surface area (Å²) in [5.41, 5.74) is 3.42. The average molecular weight is 309 g/mol. The van der Waals surface area contributed by atoms with E-state index in [2.05, 4.69) is 37.5 Å². The molecule has 0 aliphatic rings. The molecule has 116 valence electrons. The molecule has 3 nitrogen and oxygen atoms in total. The topological polar surface area (TPSA) is 27.1 Å². The first-order chi connectivity index (χ1) is 9.97. The summed E-state index contributed by atoms with van der Waals surface area (Å²) >= 11 is 6.39. The SMILES string of the molecule is CCOCC(C(C)C)n1c(C(C)Cl)nc2cccc(C)c21. The van der Waals surface area contributed by atoms with E-state index in [1.165, 1.54) is 11.1 Å². The molecule has 0 aliphatic heterocycles. The maximum Gasteiger partial charge on any atom is 0.128 e. The molecule has 0 bridgehead atoms. The first kappa shape index (κ1) is 16.3. The Hall–Kier alpha value is -1.06. The second-order valence-electron chi connectivity index (χ2n) is 5.87. The van der Waals surface area contributed by atoms with E-state index in [1.807, 2.05) is 19.9 Å². The lowest BCUT2D eigenvalue weighted by Crippen LogP contribution is -2.23. The van der Waals surface area contributed by atoms with Gasteiger partial charge in [0.15, 0.2) is 0 Å². The highest BCUT2D eigenvalue weighted by atomic mass is 35.5. The van der Waals surface area contributed by atoms with Crippen molar-refractivity contribution < 1.29 is 4.74 Å². The van der Waals surface area contributed by atoms with Gasteiger partial charge in [-0.2, -0.15) is 0 Å². The summed E-state index contributed by atoms with van der Waals surface area (Å²) in [4.78, 5) is 4.76. The van der Waals surface area contributed by atoms with Crippen LogP contribution in [0.4, 0.5) is 0 Å². The summed E-state index contributed by atoms with van der Waals surface area (Å²) in [5, 5.41) is -0.125. The Labute approximate surface area is 132 Å². The maximum absolute atomic E-state index is 6.39. The van der Waals surface area contributed by atoms with Gasteiger partial charge in [-0.05, 0) is 38.3 Å². The van der Waals surface area contributed by atoms with Gasteiger partial charge < -0.3 is 9.30 Å². The van der Waals surface area contributed by atoms with Crippen LogP contribution in [-0.4, -0.2) is 22.8 Å². The Kier molecular flexibility index (Phi) is 5.28. The molecular formula is C17H25ClN2O. The summed E-state index contributed by atoms with van der Waals surface area (Å²) in [6.07, 6.45) is 0. The fraction of sp³-hybridized carbons (Fsp3) is 0.588.